The van der Waals surface area contributed by atoms with Crippen molar-refractivity contribution in [1.82, 2.24) is 9.47 Å². The summed E-state index contributed by atoms with van der Waals surface area (Å²) in [5.74, 6) is 1.52. The Kier molecular flexibility index (Phi) is 5.81. The third-order valence-electron chi connectivity index (χ3n) is 5.15. The number of hydrogen-bond acceptors (Lipinski definition) is 4. The van der Waals surface area contributed by atoms with Gasteiger partial charge in [-0.15, -0.1) is 0 Å². The molecule has 1 amide bonds. The lowest BCUT2D eigenvalue weighted by molar-refractivity contribution is -0.134. The van der Waals surface area contributed by atoms with E-state index >= 15 is 0 Å². The van der Waals surface area contributed by atoms with Crippen LogP contribution in [-0.2, 0) is 17.9 Å². The number of aromatic nitrogens is 1. The van der Waals surface area contributed by atoms with Gasteiger partial charge in [-0.1, -0.05) is 23.5 Å². The average molecular weight is 375 g/mol. The van der Waals surface area contributed by atoms with Crippen LogP contribution in [0.25, 0.3) is 0 Å². The number of benzene rings is 1. The van der Waals surface area contributed by atoms with Crippen molar-refractivity contribution >= 4 is 17.2 Å². The molecule has 1 saturated carbocycles. The molecule has 1 fully saturated rings. The Labute approximate surface area is 158 Å². The first-order valence-corrected chi connectivity index (χ1v) is 9.95. The van der Waals surface area contributed by atoms with Gasteiger partial charge in [0.25, 0.3) is 0 Å². The fourth-order valence-electron chi connectivity index (χ4n) is 3.25. The second-order valence-corrected chi connectivity index (χ2v) is 7.81. The zero-order valence-corrected chi connectivity index (χ0v) is 16.4. The van der Waals surface area contributed by atoms with Gasteiger partial charge < -0.3 is 14.2 Å². The Bertz CT molecular complexity index is 805. The van der Waals surface area contributed by atoms with Crippen LogP contribution in [0.2, 0.25) is 0 Å². The lowest BCUT2D eigenvalue weighted by atomic mass is 10.1. The molecule has 0 bridgehead atoms. The molecule has 1 aliphatic rings. The molecule has 140 valence electrons. The highest BCUT2D eigenvalue weighted by Crippen LogP contribution is 2.36. The molecule has 1 atom stereocenters. The van der Waals surface area contributed by atoms with Crippen LogP contribution in [-0.4, -0.2) is 28.5 Å². The smallest absolute Gasteiger partial charge is 0.307 e. The van der Waals surface area contributed by atoms with Crippen LogP contribution in [0.5, 0.6) is 5.75 Å². The molecule has 6 heteroatoms. The zero-order chi connectivity index (χ0) is 18.7. The Morgan fingerprint density at radius 3 is 2.58 bits per heavy atom. The molecule has 0 aliphatic heterocycles. The summed E-state index contributed by atoms with van der Waals surface area (Å²) in [6, 6.07) is 8.09. The largest absolute Gasteiger partial charge is 0.497 e. The molecule has 0 saturated heterocycles. The molecular formula is C20H26N2O3S. The van der Waals surface area contributed by atoms with Gasteiger partial charge in [-0.05, 0) is 50.3 Å². The van der Waals surface area contributed by atoms with E-state index in [2.05, 4.69) is 6.92 Å². The van der Waals surface area contributed by atoms with Gasteiger partial charge in [0.1, 0.15) is 5.75 Å². The number of hydrogen-bond donors (Lipinski definition) is 0. The van der Waals surface area contributed by atoms with Gasteiger partial charge in [0.2, 0.25) is 5.91 Å². The van der Waals surface area contributed by atoms with Gasteiger partial charge in [-0.2, -0.15) is 0 Å². The van der Waals surface area contributed by atoms with E-state index in [0.29, 0.717) is 25.4 Å². The van der Waals surface area contributed by atoms with Crippen molar-refractivity contribution in [3.8, 4) is 5.75 Å². The Hall–Kier alpha value is -2.08. The highest BCUT2D eigenvalue weighted by molar-refractivity contribution is 7.07. The van der Waals surface area contributed by atoms with Gasteiger partial charge in [0.05, 0.1) is 7.11 Å². The van der Waals surface area contributed by atoms with Crippen molar-refractivity contribution in [1.29, 1.82) is 0 Å². The first-order valence-electron chi connectivity index (χ1n) is 9.07. The van der Waals surface area contributed by atoms with Crippen LogP contribution < -0.4 is 9.61 Å². The summed E-state index contributed by atoms with van der Waals surface area (Å²) in [5.41, 5.74) is 2.01. The van der Waals surface area contributed by atoms with Crippen molar-refractivity contribution in [2.45, 2.75) is 52.2 Å². The van der Waals surface area contributed by atoms with Crippen LogP contribution in [0.3, 0.4) is 0 Å². The fraction of sp³-hybridized carbons (Fsp3) is 0.500. The van der Waals surface area contributed by atoms with E-state index in [1.807, 2.05) is 41.5 Å². The first-order chi connectivity index (χ1) is 12.5. The maximum Gasteiger partial charge on any atom is 0.307 e. The fourth-order valence-corrected chi connectivity index (χ4v) is 4.01. The summed E-state index contributed by atoms with van der Waals surface area (Å²) in [4.78, 5) is 26.8. The molecule has 26 heavy (non-hydrogen) atoms. The summed E-state index contributed by atoms with van der Waals surface area (Å²) in [6.07, 6.45) is 2.73. The summed E-state index contributed by atoms with van der Waals surface area (Å²) in [6.45, 7) is 5.09. The predicted molar refractivity (Wildman–Crippen MR) is 104 cm³/mol. The molecule has 1 aromatic heterocycles. The van der Waals surface area contributed by atoms with E-state index in [1.165, 1.54) is 24.2 Å². The quantitative estimate of drug-likeness (QED) is 0.711. The van der Waals surface area contributed by atoms with Gasteiger partial charge in [0, 0.05) is 36.6 Å². The second kappa shape index (κ2) is 8.08. The van der Waals surface area contributed by atoms with Crippen LogP contribution >= 0.6 is 11.3 Å². The standard InChI is InChI=1S/C20H26N2O3S/c1-14-13-26-20(24)21(14)11-10-19(23)22(15(2)17-6-7-17)12-16-4-8-18(25-3)9-5-16/h4-5,8-9,13,15,17H,6-7,10-12H2,1-3H3. The normalized spacial score (nSPS) is 14.9. The first kappa shape index (κ1) is 18.7. The number of aryl methyl sites for hydroxylation is 1. The molecule has 1 aromatic carbocycles. The minimum atomic E-state index is 0.00671. The number of carbonyl (C=O) groups is 1. The summed E-state index contributed by atoms with van der Waals surface area (Å²) < 4.78 is 6.90. The van der Waals surface area contributed by atoms with Crippen LogP contribution in [0.4, 0.5) is 0 Å². The molecule has 0 radical (unpaired) electrons. The zero-order valence-electron chi connectivity index (χ0n) is 15.6. The average Bonchev–Trinajstić information content (AvgIpc) is 3.44. The number of rotatable bonds is 8. The van der Waals surface area contributed by atoms with Gasteiger partial charge in [-0.25, -0.2) is 0 Å². The predicted octanol–water partition coefficient (Wildman–Crippen LogP) is 3.44. The van der Waals surface area contributed by atoms with Crippen molar-refractivity contribution in [3.05, 3.63) is 50.6 Å². The maximum atomic E-state index is 13.0. The van der Waals surface area contributed by atoms with Gasteiger partial charge >= 0.3 is 4.87 Å². The number of thiazole rings is 1. The number of methoxy groups -OCH3 is 1. The van der Waals surface area contributed by atoms with E-state index in [9.17, 15) is 9.59 Å². The summed E-state index contributed by atoms with van der Waals surface area (Å²) >= 11 is 1.19. The van der Waals surface area contributed by atoms with Crippen molar-refractivity contribution < 1.29 is 9.53 Å². The highest BCUT2D eigenvalue weighted by atomic mass is 32.1. The number of nitrogens with zero attached hydrogens (tertiary/aromatic N) is 2. The number of carbonyl (C=O) groups excluding carboxylic acids is 1. The van der Waals surface area contributed by atoms with Crippen molar-refractivity contribution in [2.24, 2.45) is 5.92 Å². The number of ether oxygens (including phenoxy) is 1. The summed E-state index contributed by atoms with van der Waals surface area (Å²) in [5, 5.41) is 1.84. The second-order valence-electron chi connectivity index (χ2n) is 6.99. The topological polar surface area (TPSA) is 51.5 Å². The van der Waals surface area contributed by atoms with Crippen molar-refractivity contribution in [2.75, 3.05) is 7.11 Å². The Morgan fingerprint density at radius 1 is 1.35 bits per heavy atom. The van der Waals surface area contributed by atoms with E-state index in [1.54, 1.807) is 11.7 Å². The summed E-state index contributed by atoms with van der Waals surface area (Å²) in [7, 11) is 1.65. The van der Waals surface area contributed by atoms with E-state index < -0.39 is 0 Å². The third kappa shape index (κ3) is 4.36. The van der Waals surface area contributed by atoms with Crippen LogP contribution in [0.1, 0.15) is 37.4 Å². The molecular weight excluding hydrogens is 348 g/mol. The minimum Gasteiger partial charge on any atom is -0.497 e. The number of amides is 1. The lowest BCUT2D eigenvalue weighted by Crippen LogP contribution is -2.40. The lowest BCUT2D eigenvalue weighted by Gasteiger charge is -2.30. The molecule has 3 rings (SSSR count). The molecule has 5 nitrogen and oxygen atoms in total. The minimum absolute atomic E-state index is 0.00671. The Morgan fingerprint density at radius 2 is 2.04 bits per heavy atom. The van der Waals surface area contributed by atoms with E-state index in [4.69, 9.17) is 4.74 Å². The van der Waals surface area contributed by atoms with Crippen LogP contribution in [0.15, 0.2) is 34.4 Å². The molecule has 2 aromatic rings. The van der Waals surface area contributed by atoms with Gasteiger partial charge in [-0.3, -0.25) is 9.59 Å². The van der Waals surface area contributed by atoms with Crippen molar-refractivity contribution in [3.63, 3.8) is 0 Å². The van der Waals surface area contributed by atoms with Gasteiger partial charge in [0.15, 0.2) is 0 Å². The molecule has 0 N–H and O–H groups in total. The monoisotopic (exact) mass is 374 g/mol. The molecule has 1 aliphatic carbocycles. The third-order valence-corrected chi connectivity index (χ3v) is 6.03. The molecule has 0 spiro atoms. The van der Waals surface area contributed by atoms with Crippen LogP contribution in [0, 0.1) is 12.8 Å². The van der Waals surface area contributed by atoms with E-state index in [-0.39, 0.29) is 16.8 Å². The highest BCUT2D eigenvalue weighted by Gasteiger charge is 2.34. The van der Waals surface area contributed by atoms with E-state index in [0.717, 1.165) is 17.0 Å². The molecule has 1 unspecified atom stereocenters. The maximum absolute atomic E-state index is 13.0. The SMILES string of the molecule is COc1ccc(CN(C(=O)CCn2c(C)csc2=O)C(C)C2CC2)cc1. The molecule has 1 heterocycles. The Balaban J connectivity index is 1.70.